The molecule has 1 aliphatic carbocycles. The van der Waals surface area contributed by atoms with Crippen molar-refractivity contribution in [3.8, 4) is 0 Å². The van der Waals surface area contributed by atoms with E-state index in [0.29, 0.717) is 32.1 Å². The van der Waals surface area contributed by atoms with Crippen LogP contribution in [0.3, 0.4) is 0 Å². The molecule has 0 radical (unpaired) electrons. The van der Waals surface area contributed by atoms with E-state index in [2.05, 4.69) is 15.3 Å². The zero-order chi connectivity index (χ0) is 15.4. The smallest absolute Gasteiger partial charge is 0.224 e. The molecule has 0 spiro atoms. The zero-order valence-corrected chi connectivity index (χ0v) is 13.3. The first-order valence-electron chi connectivity index (χ1n) is 7.86. The molecule has 0 unspecified atom stereocenters. The molecule has 1 N–H and O–H groups in total. The first-order chi connectivity index (χ1) is 10.7. The topological polar surface area (TPSA) is 67.3 Å². The van der Waals surface area contributed by atoms with Gasteiger partial charge >= 0.3 is 0 Å². The first kappa shape index (κ1) is 15.5. The number of rotatable bonds is 6. The number of nitrogens with one attached hydrogen (secondary N) is 1. The lowest BCUT2D eigenvalue weighted by Gasteiger charge is -2.20. The van der Waals surface area contributed by atoms with Crippen LogP contribution in [0.15, 0.2) is 6.20 Å². The minimum atomic E-state index is 0.182. The van der Waals surface area contributed by atoms with Crippen LogP contribution in [-0.4, -0.2) is 53.6 Å². The Morgan fingerprint density at radius 1 is 1.41 bits per heavy atom. The number of aromatic nitrogens is 2. The molecule has 22 heavy (non-hydrogen) atoms. The molecule has 2 aliphatic rings. The summed E-state index contributed by atoms with van der Waals surface area (Å²) in [7, 11) is 0. The van der Waals surface area contributed by atoms with Gasteiger partial charge in [0, 0.05) is 31.4 Å². The maximum absolute atomic E-state index is 11.9. The van der Waals surface area contributed by atoms with Crippen molar-refractivity contribution < 1.29 is 9.53 Å². The Labute approximate surface area is 135 Å². The average Bonchev–Trinajstić information content (AvgIpc) is 3.33. The van der Waals surface area contributed by atoms with Crippen molar-refractivity contribution in [1.29, 1.82) is 0 Å². The highest BCUT2D eigenvalue weighted by atomic mass is 35.5. The summed E-state index contributed by atoms with van der Waals surface area (Å²) >= 11 is 5.88. The molecule has 1 saturated carbocycles. The Hall–Kier alpha value is -1.40. The quantitative estimate of drug-likeness (QED) is 0.641. The molecule has 0 bridgehead atoms. The van der Waals surface area contributed by atoms with Crippen LogP contribution < -0.4 is 5.32 Å². The Morgan fingerprint density at radius 3 is 3.09 bits per heavy atom. The highest BCUT2D eigenvalue weighted by Crippen LogP contribution is 2.42. The van der Waals surface area contributed by atoms with Crippen molar-refractivity contribution in [3.63, 3.8) is 0 Å². The van der Waals surface area contributed by atoms with Crippen molar-refractivity contribution in [1.82, 2.24) is 14.9 Å². The molecule has 6 nitrogen and oxygen atoms in total. The van der Waals surface area contributed by atoms with Crippen molar-refractivity contribution in [3.05, 3.63) is 17.0 Å². The molecule has 3 rings (SSSR count). The molecule has 0 atom stereocenters. The number of carbonyl (C=O) groups excluding carboxylic acids is 1. The first-order valence-corrected chi connectivity index (χ1v) is 8.23. The van der Waals surface area contributed by atoms with Crippen LogP contribution in [0.4, 0.5) is 5.82 Å². The molecule has 2 fully saturated rings. The molecule has 2 heterocycles. The van der Waals surface area contributed by atoms with Gasteiger partial charge in [0.05, 0.1) is 19.6 Å². The molecule has 1 aromatic rings. The Balaban J connectivity index is 1.48. The predicted molar refractivity (Wildman–Crippen MR) is 84.1 cm³/mol. The molecular weight excluding hydrogens is 304 g/mol. The standard InChI is InChI=1S/C15H21ClN4O2/c16-15-18-10-12(11-2-3-11)14(19-15)17-5-1-6-20-7-9-22-8-4-13(20)21/h10-11H,1-9H2,(H,17,18,19). The Bertz CT molecular complexity index is 536. The van der Waals surface area contributed by atoms with E-state index in [1.807, 2.05) is 11.1 Å². The average molecular weight is 325 g/mol. The summed E-state index contributed by atoms with van der Waals surface area (Å²) in [5, 5.41) is 3.61. The molecule has 1 aliphatic heterocycles. The number of nitrogens with zero attached hydrogens (tertiary/aromatic N) is 3. The number of hydrogen-bond donors (Lipinski definition) is 1. The maximum Gasteiger partial charge on any atom is 0.224 e. The summed E-state index contributed by atoms with van der Waals surface area (Å²) in [6.45, 7) is 3.36. The summed E-state index contributed by atoms with van der Waals surface area (Å²) < 4.78 is 5.32. The lowest BCUT2D eigenvalue weighted by Crippen LogP contribution is -2.33. The van der Waals surface area contributed by atoms with Crippen LogP contribution in [-0.2, 0) is 9.53 Å². The molecule has 1 saturated heterocycles. The van der Waals surface area contributed by atoms with Crippen molar-refractivity contribution in [2.24, 2.45) is 0 Å². The van der Waals surface area contributed by atoms with E-state index in [1.165, 1.54) is 12.8 Å². The second-order valence-electron chi connectivity index (χ2n) is 5.74. The summed E-state index contributed by atoms with van der Waals surface area (Å²) in [5.41, 5.74) is 1.16. The zero-order valence-electron chi connectivity index (χ0n) is 12.6. The van der Waals surface area contributed by atoms with Gasteiger partial charge in [-0.3, -0.25) is 4.79 Å². The highest BCUT2D eigenvalue weighted by molar-refractivity contribution is 6.28. The number of ether oxygens (including phenoxy) is 1. The molecule has 7 heteroatoms. The third-order valence-electron chi connectivity index (χ3n) is 4.02. The van der Waals surface area contributed by atoms with Gasteiger partial charge in [-0.05, 0) is 36.8 Å². The van der Waals surface area contributed by atoms with Crippen LogP contribution in [0.2, 0.25) is 5.28 Å². The third kappa shape index (κ3) is 4.08. The SMILES string of the molecule is O=C1CCOCCN1CCCNc1nc(Cl)ncc1C1CC1. The van der Waals surface area contributed by atoms with Crippen LogP contribution in [0.25, 0.3) is 0 Å². The third-order valence-corrected chi connectivity index (χ3v) is 4.20. The maximum atomic E-state index is 11.9. The molecule has 1 amide bonds. The molecular formula is C15H21ClN4O2. The lowest BCUT2D eigenvalue weighted by molar-refractivity contribution is -0.130. The van der Waals surface area contributed by atoms with Gasteiger partial charge in [-0.1, -0.05) is 0 Å². The number of carbonyl (C=O) groups is 1. The highest BCUT2D eigenvalue weighted by Gasteiger charge is 2.27. The van der Waals surface area contributed by atoms with Crippen molar-refractivity contribution >= 4 is 23.3 Å². The van der Waals surface area contributed by atoms with Gasteiger partial charge in [0.25, 0.3) is 0 Å². The van der Waals surface area contributed by atoms with Crippen LogP contribution in [0, 0.1) is 0 Å². The van der Waals surface area contributed by atoms with E-state index in [9.17, 15) is 4.79 Å². The van der Waals surface area contributed by atoms with E-state index in [4.69, 9.17) is 16.3 Å². The molecule has 120 valence electrons. The summed E-state index contributed by atoms with van der Waals surface area (Å²) in [4.78, 5) is 22.1. The number of anilines is 1. The van der Waals surface area contributed by atoms with Crippen LogP contribution in [0.5, 0.6) is 0 Å². The van der Waals surface area contributed by atoms with Gasteiger partial charge in [0.1, 0.15) is 5.82 Å². The van der Waals surface area contributed by atoms with Gasteiger partial charge in [-0.15, -0.1) is 0 Å². The molecule has 1 aromatic heterocycles. The monoisotopic (exact) mass is 324 g/mol. The summed E-state index contributed by atoms with van der Waals surface area (Å²) in [6, 6.07) is 0. The van der Waals surface area contributed by atoms with E-state index >= 15 is 0 Å². The number of halogens is 1. The van der Waals surface area contributed by atoms with Gasteiger partial charge in [0.2, 0.25) is 11.2 Å². The minimum absolute atomic E-state index is 0.182. The summed E-state index contributed by atoms with van der Waals surface area (Å²) in [5.74, 6) is 1.60. The number of hydrogen-bond acceptors (Lipinski definition) is 5. The second kappa shape index (κ2) is 7.24. The largest absolute Gasteiger partial charge is 0.379 e. The van der Waals surface area contributed by atoms with Gasteiger partial charge in [-0.2, -0.15) is 0 Å². The van der Waals surface area contributed by atoms with E-state index in [-0.39, 0.29) is 11.2 Å². The van der Waals surface area contributed by atoms with Gasteiger partial charge in [-0.25, -0.2) is 9.97 Å². The Morgan fingerprint density at radius 2 is 2.27 bits per heavy atom. The number of amides is 1. The fourth-order valence-electron chi connectivity index (χ4n) is 2.64. The van der Waals surface area contributed by atoms with Crippen molar-refractivity contribution in [2.45, 2.75) is 31.6 Å². The van der Waals surface area contributed by atoms with Gasteiger partial charge < -0.3 is 15.0 Å². The van der Waals surface area contributed by atoms with Crippen LogP contribution in [0.1, 0.15) is 37.2 Å². The molecule has 0 aromatic carbocycles. The lowest BCUT2D eigenvalue weighted by atomic mass is 10.2. The second-order valence-corrected chi connectivity index (χ2v) is 6.08. The van der Waals surface area contributed by atoms with E-state index in [0.717, 1.165) is 30.9 Å². The van der Waals surface area contributed by atoms with Gasteiger partial charge in [0.15, 0.2) is 0 Å². The minimum Gasteiger partial charge on any atom is -0.379 e. The summed E-state index contributed by atoms with van der Waals surface area (Å²) in [6.07, 6.45) is 5.58. The normalized spacial score (nSPS) is 19.1. The van der Waals surface area contributed by atoms with E-state index < -0.39 is 0 Å². The fraction of sp³-hybridized carbons (Fsp3) is 0.667. The van der Waals surface area contributed by atoms with Crippen molar-refractivity contribution in [2.75, 3.05) is 38.2 Å². The predicted octanol–water partition coefficient (Wildman–Crippen LogP) is 2.06. The van der Waals surface area contributed by atoms with E-state index in [1.54, 1.807) is 0 Å². The Kier molecular flexibility index (Phi) is 5.10. The van der Waals surface area contributed by atoms with Crippen LogP contribution >= 0.6 is 11.6 Å². The fourth-order valence-corrected chi connectivity index (χ4v) is 2.77.